The van der Waals surface area contributed by atoms with E-state index in [1.54, 1.807) is 0 Å². The molecule has 1 aliphatic heterocycles. The number of rotatable bonds is 7. The molecule has 0 saturated carbocycles. The van der Waals surface area contributed by atoms with Gasteiger partial charge >= 0.3 is 0 Å². The normalized spacial score (nSPS) is 18.2. The van der Waals surface area contributed by atoms with Gasteiger partial charge in [-0.15, -0.1) is 0 Å². The van der Waals surface area contributed by atoms with Crippen LogP contribution >= 0.6 is 0 Å². The molecule has 0 aliphatic carbocycles. The Morgan fingerprint density at radius 2 is 1.96 bits per heavy atom. The molecule has 1 fully saturated rings. The fraction of sp³-hybridized carbons (Fsp3) is 0.650. The monoisotopic (exact) mass is 316 g/mol. The lowest BCUT2D eigenvalue weighted by Crippen LogP contribution is -2.38. The summed E-state index contributed by atoms with van der Waals surface area (Å²) < 4.78 is 0. The fourth-order valence-electron chi connectivity index (χ4n) is 3.61. The van der Waals surface area contributed by atoms with Crippen molar-refractivity contribution in [3.05, 3.63) is 34.9 Å². The van der Waals surface area contributed by atoms with E-state index < -0.39 is 0 Å². The lowest BCUT2D eigenvalue weighted by molar-refractivity contribution is -0.135. The van der Waals surface area contributed by atoms with Gasteiger partial charge in [0.1, 0.15) is 0 Å². The minimum atomic E-state index is 0.278. The molecule has 2 N–H and O–H groups in total. The van der Waals surface area contributed by atoms with Crippen molar-refractivity contribution < 1.29 is 4.79 Å². The standard InChI is InChI=1S/C20H32N2O/c1-16-10-9-11-18(17(16)2)19-12-6-8-15-22(19)20(23)13-5-3-4-7-14-21/h9-11,19H,3-8,12-15,21H2,1-2H3. The highest BCUT2D eigenvalue weighted by atomic mass is 16.2. The van der Waals surface area contributed by atoms with E-state index in [-0.39, 0.29) is 6.04 Å². The highest BCUT2D eigenvalue weighted by Crippen LogP contribution is 2.34. The Morgan fingerprint density at radius 3 is 2.74 bits per heavy atom. The SMILES string of the molecule is Cc1cccc(C2CCCCN2C(=O)CCCCCCN)c1C. The number of carbonyl (C=O) groups excluding carboxylic acids is 1. The van der Waals surface area contributed by atoms with Crippen LogP contribution in [-0.4, -0.2) is 23.9 Å². The van der Waals surface area contributed by atoms with Gasteiger partial charge in [-0.3, -0.25) is 4.79 Å². The zero-order chi connectivity index (χ0) is 16.7. The van der Waals surface area contributed by atoms with E-state index in [0.29, 0.717) is 12.3 Å². The smallest absolute Gasteiger partial charge is 0.223 e. The van der Waals surface area contributed by atoms with Crippen LogP contribution in [0.2, 0.25) is 0 Å². The van der Waals surface area contributed by atoms with E-state index >= 15 is 0 Å². The maximum absolute atomic E-state index is 12.7. The van der Waals surface area contributed by atoms with Gasteiger partial charge in [0.15, 0.2) is 0 Å². The average molecular weight is 316 g/mol. The van der Waals surface area contributed by atoms with Gasteiger partial charge in [0.25, 0.3) is 0 Å². The average Bonchev–Trinajstić information content (AvgIpc) is 2.57. The van der Waals surface area contributed by atoms with E-state index in [9.17, 15) is 4.79 Å². The van der Waals surface area contributed by atoms with Crippen molar-refractivity contribution in [2.75, 3.05) is 13.1 Å². The van der Waals surface area contributed by atoms with Gasteiger partial charge in [0, 0.05) is 13.0 Å². The predicted octanol–water partition coefficient (Wildman–Crippen LogP) is 4.27. The largest absolute Gasteiger partial charge is 0.336 e. The zero-order valence-electron chi connectivity index (χ0n) is 14.8. The van der Waals surface area contributed by atoms with E-state index in [4.69, 9.17) is 5.73 Å². The second-order valence-electron chi connectivity index (χ2n) is 6.84. The third-order valence-corrected chi connectivity index (χ3v) is 5.17. The Balaban J connectivity index is 2.00. The zero-order valence-corrected chi connectivity index (χ0v) is 14.8. The Labute approximate surface area is 141 Å². The first-order valence-electron chi connectivity index (χ1n) is 9.20. The molecule has 0 bridgehead atoms. The molecule has 1 aliphatic rings. The number of likely N-dealkylation sites (tertiary alicyclic amines) is 1. The van der Waals surface area contributed by atoms with E-state index in [2.05, 4.69) is 36.9 Å². The van der Waals surface area contributed by atoms with Crippen molar-refractivity contribution in [1.82, 2.24) is 4.90 Å². The van der Waals surface area contributed by atoms with Crippen molar-refractivity contribution in [1.29, 1.82) is 0 Å². The second kappa shape index (κ2) is 9.07. The number of aryl methyl sites for hydroxylation is 1. The Morgan fingerprint density at radius 1 is 1.17 bits per heavy atom. The summed E-state index contributed by atoms with van der Waals surface area (Å²) in [5.74, 6) is 0.336. The van der Waals surface area contributed by atoms with Crippen LogP contribution in [0, 0.1) is 13.8 Å². The maximum Gasteiger partial charge on any atom is 0.223 e. The van der Waals surface area contributed by atoms with Crippen LogP contribution in [0.5, 0.6) is 0 Å². The highest BCUT2D eigenvalue weighted by molar-refractivity contribution is 5.77. The summed E-state index contributed by atoms with van der Waals surface area (Å²) in [6, 6.07) is 6.77. The first kappa shape index (κ1) is 18.0. The summed E-state index contributed by atoms with van der Waals surface area (Å²) in [5.41, 5.74) is 9.54. The number of benzene rings is 1. The van der Waals surface area contributed by atoms with Gasteiger partial charge in [0.2, 0.25) is 5.91 Å². The lowest BCUT2D eigenvalue weighted by Gasteiger charge is -2.37. The van der Waals surface area contributed by atoms with Crippen LogP contribution in [0.4, 0.5) is 0 Å². The molecule has 0 spiro atoms. The fourth-order valence-corrected chi connectivity index (χ4v) is 3.61. The molecule has 0 aromatic heterocycles. The Kier molecular flexibility index (Phi) is 7.10. The first-order chi connectivity index (χ1) is 11.1. The molecule has 128 valence electrons. The number of amides is 1. The van der Waals surface area contributed by atoms with Crippen molar-refractivity contribution in [3.8, 4) is 0 Å². The molecule has 3 nitrogen and oxygen atoms in total. The minimum absolute atomic E-state index is 0.278. The van der Waals surface area contributed by atoms with Crippen molar-refractivity contribution in [3.63, 3.8) is 0 Å². The summed E-state index contributed by atoms with van der Waals surface area (Å²) in [6.45, 7) is 6.02. The van der Waals surface area contributed by atoms with Crippen molar-refractivity contribution in [2.45, 2.75) is 71.3 Å². The second-order valence-corrected chi connectivity index (χ2v) is 6.84. The number of hydrogen-bond acceptors (Lipinski definition) is 2. The van der Waals surface area contributed by atoms with Crippen LogP contribution in [0.25, 0.3) is 0 Å². The number of carbonyl (C=O) groups is 1. The molecule has 1 saturated heterocycles. The number of nitrogens with zero attached hydrogens (tertiary/aromatic N) is 1. The van der Waals surface area contributed by atoms with Crippen LogP contribution in [0.15, 0.2) is 18.2 Å². The molecular weight excluding hydrogens is 284 g/mol. The molecule has 1 amide bonds. The quantitative estimate of drug-likeness (QED) is 0.764. The summed E-state index contributed by atoms with van der Waals surface area (Å²) in [7, 11) is 0. The van der Waals surface area contributed by atoms with Crippen LogP contribution < -0.4 is 5.73 Å². The van der Waals surface area contributed by atoms with Gasteiger partial charge < -0.3 is 10.6 Å². The van der Waals surface area contributed by atoms with Gasteiger partial charge in [-0.2, -0.15) is 0 Å². The van der Waals surface area contributed by atoms with Crippen LogP contribution in [-0.2, 0) is 4.79 Å². The summed E-state index contributed by atoms with van der Waals surface area (Å²) >= 11 is 0. The topological polar surface area (TPSA) is 46.3 Å². The number of piperidine rings is 1. The minimum Gasteiger partial charge on any atom is -0.336 e. The lowest BCUT2D eigenvalue weighted by atomic mass is 9.90. The number of unbranched alkanes of at least 4 members (excludes halogenated alkanes) is 3. The van der Waals surface area contributed by atoms with Gasteiger partial charge in [-0.1, -0.05) is 31.0 Å². The maximum atomic E-state index is 12.7. The van der Waals surface area contributed by atoms with Crippen LogP contribution in [0.1, 0.15) is 74.1 Å². The van der Waals surface area contributed by atoms with Gasteiger partial charge in [-0.05, 0) is 69.2 Å². The Hall–Kier alpha value is -1.35. The molecule has 3 heteroatoms. The number of nitrogens with two attached hydrogens (primary N) is 1. The van der Waals surface area contributed by atoms with E-state index in [1.807, 2.05) is 0 Å². The summed E-state index contributed by atoms with van der Waals surface area (Å²) in [4.78, 5) is 14.9. The van der Waals surface area contributed by atoms with E-state index in [1.165, 1.54) is 23.1 Å². The third kappa shape index (κ3) is 4.81. The first-order valence-corrected chi connectivity index (χ1v) is 9.20. The molecule has 1 atom stereocenters. The molecule has 1 heterocycles. The van der Waals surface area contributed by atoms with E-state index in [0.717, 1.165) is 51.6 Å². The molecule has 23 heavy (non-hydrogen) atoms. The van der Waals surface area contributed by atoms with Crippen molar-refractivity contribution >= 4 is 5.91 Å². The summed E-state index contributed by atoms with van der Waals surface area (Å²) in [6.07, 6.45) is 8.47. The molecule has 0 radical (unpaired) electrons. The molecule has 1 unspecified atom stereocenters. The van der Waals surface area contributed by atoms with Gasteiger partial charge in [-0.25, -0.2) is 0 Å². The Bertz CT molecular complexity index is 512. The molecule has 1 aromatic carbocycles. The highest BCUT2D eigenvalue weighted by Gasteiger charge is 2.28. The van der Waals surface area contributed by atoms with Gasteiger partial charge in [0.05, 0.1) is 6.04 Å². The third-order valence-electron chi connectivity index (χ3n) is 5.17. The van der Waals surface area contributed by atoms with Crippen molar-refractivity contribution in [2.24, 2.45) is 5.73 Å². The molecule has 1 aromatic rings. The van der Waals surface area contributed by atoms with Crippen LogP contribution in [0.3, 0.4) is 0 Å². The number of hydrogen-bond donors (Lipinski definition) is 1. The molecular formula is C20H32N2O. The summed E-state index contributed by atoms with van der Waals surface area (Å²) in [5, 5.41) is 0. The predicted molar refractivity (Wildman–Crippen MR) is 96.4 cm³/mol. The molecule has 2 rings (SSSR count).